The van der Waals surface area contributed by atoms with Gasteiger partial charge < -0.3 is 16.0 Å². The van der Waals surface area contributed by atoms with Gasteiger partial charge in [0.05, 0.1) is 0 Å². The fourth-order valence-electron chi connectivity index (χ4n) is 2.23. The molecule has 0 bridgehead atoms. The molecule has 3 N–H and O–H groups in total. The fraction of sp³-hybridized carbons (Fsp3) is 0.412. The van der Waals surface area contributed by atoms with Crippen molar-refractivity contribution in [2.24, 2.45) is 12.0 Å². The van der Waals surface area contributed by atoms with E-state index in [0.717, 1.165) is 28.1 Å². The second-order valence-corrected chi connectivity index (χ2v) is 6.59. The lowest BCUT2D eigenvalue weighted by Crippen LogP contribution is -2.38. The van der Waals surface area contributed by atoms with E-state index in [1.54, 1.807) is 4.68 Å². The van der Waals surface area contributed by atoms with Gasteiger partial charge in [-0.2, -0.15) is 5.10 Å². The van der Waals surface area contributed by atoms with Crippen molar-refractivity contribution in [1.29, 1.82) is 0 Å². The number of aromatic nitrogens is 3. The zero-order chi connectivity index (χ0) is 18.9. The minimum absolute atomic E-state index is 0. The molecule has 0 aliphatic rings. The average Bonchev–Trinajstić information content (AvgIpc) is 3.00. The van der Waals surface area contributed by atoms with Crippen molar-refractivity contribution in [2.45, 2.75) is 26.8 Å². The second kappa shape index (κ2) is 11.9. The monoisotopic (exact) mass is 549 g/mol. The summed E-state index contributed by atoms with van der Waals surface area (Å²) in [5.74, 6) is 1.36. The summed E-state index contributed by atoms with van der Waals surface area (Å²) in [6.45, 7) is 5.57. The summed E-state index contributed by atoms with van der Waals surface area (Å²) < 4.78 is 2.67. The number of amides is 1. The first-order chi connectivity index (χ1) is 12.5. The smallest absolute Gasteiger partial charge is 0.226 e. The first-order valence-electron chi connectivity index (χ1n) is 8.40. The molecule has 0 spiro atoms. The van der Waals surface area contributed by atoms with Crippen molar-refractivity contribution in [3.8, 4) is 0 Å². The molecule has 1 heterocycles. The molecule has 8 nitrogen and oxygen atoms in total. The highest BCUT2D eigenvalue weighted by molar-refractivity contribution is 14.0. The molecule has 0 unspecified atom stereocenters. The van der Waals surface area contributed by atoms with Crippen LogP contribution in [0.2, 0.25) is 0 Å². The number of carbonyl (C=O) groups excluding carboxylic acids is 1. The molecule has 0 saturated carbocycles. The SMILES string of the molecule is CCNC(=NCc1ncnn1C)NCCC(=O)Nc1ccc(Br)cc1C.I. The Labute approximate surface area is 184 Å². The quantitative estimate of drug-likeness (QED) is 0.280. The Bertz CT molecular complexity index is 778. The van der Waals surface area contributed by atoms with Gasteiger partial charge in [-0.1, -0.05) is 15.9 Å². The molecule has 0 aliphatic heterocycles. The van der Waals surface area contributed by atoms with Gasteiger partial charge in [0.15, 0.2) is 5.96 Å². The maximum absolute atomic E-state index is 12.1. The fourth-order valence-corrected chi connectivity index (χ4v) is 2.70. The molecule has 27 heavy (non-hydrogen) atoms. The van der Waals surface area contributed by atoms with Crippen molar-refractivity contribution >= 4 is 57.5 Å². The van der Waals surface area contributed by atoms with Gasteiger partial charge in [0.25, 0.3) is 0 Å². The molecule has 0 aliphatic carbocycles. The first-order valence-corrected chi connectivity index (χ1v) is 9.20. The summed E-state index contributed by atoms with van der Waals surface area (Å²) in [4.78, 5) is 20.7. The molecule has 1 aromatic carbocycles. The third-order valence-corrected chi connectivity index (χ3v) is 4.13. The molecule has 10 heteroatoms. The van der Waals surface area contributed by atoms with Crippen LogP contribution in [0.25, 0.3) is 0 Å². The maximum Gasteiger partial charge on any atom is 0.226 e. The van der Waals surface area contributed by atoms with Gasteiger partial charge in [-0.15, -0.1) is 24.0 Å². The summed E-state index contributed by atoms with van der Waals surface area (Å²) in [6, 6.07) is 5.76. The molecule has 0 radical (unpaired) electrons. The van der Waals surface area contributed by atoms with Gasteiger partial charge in [0.2, 0.25) is 5.91 Å². The van der Waals surface area contributed by atoms with E-state index in [-0.39, 0.29) is 29.9 Å². The van der Waals surface area contributed by atoms with E-state index in [0.29, 0.717) is 25.5 Å². The Hall–Kier alpha value is -1.69. The average molecular weight is 550 g/mol. The van der Waals surface area contributed by atoms with E-state index in [2.05, 4.69) is 47.0 Å². The van der Waals surface area contributed by atoms with E-state index >= 15 is 0 Å². The van der Waals surface area contributed by atoms with Crippen LogP contribution in [-0.4, -0.2) is 39.7 Å². The molecule has 0 saturated heterocycles. The lowest BCUT2D eigenvalue weighted by atomic mass is 10.2. The zero-order valence-electron chi connectivity index (χ0n) is 15.6. The number of carbonyl (C=O) groups is 1. The van der Waals surface area contributed by atoms with E-state index in [4.69, 9.17) is 0 Å². The molecule has 1 amide bonds. The Kier molecular flexibility index (Phi) is 10.3. The predicted molar refractivity (Wildman–Crippen MR) is 121 cm³/mol. The minimum atomic E-state index is -0.0490. The van der Waals surface area contributed by atoms with E-state index in [1.807, 2.05) is 39.1 Å². The number of anilines is 1. The van der Waals surface area contributed by atoms with Crippen LogP contribution in [0.1, 0.15) is 24.7 Å². The predicted octanol–water partition coefficient (Wildman–Crippen LogP) is 2.59. The molecule has 0 fully saturated rings. The van der Waals surface area contributed by atoms with Gasteiger partial charge in [-0.3, -0.25) is 9.48 Å². The number of rotatable bonds is 7. The number of aliphatic imine (C=N–C) groups is 1. The summed E-state index contributed by atoms with van der Waals surface area (Å²) in [5.41, 5.74) is 1.83. The van der Waals surface area contributed by atoms with Crippen LogP contribution < -0.4 is 16.0 Å². The number of nitrogens with zero attached hydrogens (tertiary/aromatic N) is 4. The minimum Gasteiger partial charge on any atom is -0.357 e. The van der Waals surface area contributed by atoms with Crippen LogP contribution >= 0.6 is 39.9 Å². The van der Waals surface area contributed by atoms with Crippen molar-refractivity contribution in [2.75, 3.05) is 18.4 Å². The highest BCUT2D eigenvalue weighted by atomic mass is 127. The standard InChI is InChI=1S/C17H24BrN7O.HI/c1-4-19-17(21-10-15-22-11-23-25(15)3)20-8-7-16(26)24-14-6-5-13(18)9-12(14)2;/h5-6,9,11H,4,7-8,10H2,1-3H3,(H,24,26)(H2,19,20,21);1H. The zero-order valence-corrected chi connectivity index (χ0v) is 19.5. The Balaban J connectivity index is 0.00000364. The normalized spacial score (nSPS) is 10.9. The lowest BCUT2D eigenvalue weighted by Gasteiger charge is -2.12. The van der Waals surface area contributed by atoms with Gasteiger partial charge in [-0.05, 0) is 37.6 Å². The van der Waals surface area contributed by atoms with Crippen molar-refractivity contribution < 1.29 is 4.79 Å². The summed E-state index contributed by atoms with van der Waals surface area (Å²) in [6.07, 6.45) is 1.84. The first kappa shape index (κ1) is 23.3. The summed E-state index contributed by atoms with van der Waals surface area (Å²) >= 11 is 3.42. The number of aryl methyl sites for hydroxylation is 2. The van der Waals surface area contributed by atoms with Crippen LogP contribution in [0.5, 0.6) is 0 Å². The highest BCUT2D eigenvalue weighted by Crippen LogP contribution is 2.19. The maximum atomic E-state index is 12.1. The van der Waals surface area contributed by atoms with E-state index in [9.17, 15) is 4.79 Å². The Morgan fingerprint density at radius 2 is 2.11 bits per heavy atom. The number of benzene rings is 1. The molecule has 148 valence electrons. The van der Waals surface area contributed by atoms with Gasteiger partial charge in [0, 0.05) is 36.7 Å². The van der Waals surface area contributed by atoms with E-state index < -0.39 is 0 Å². The van der Waals surface area contributed by atoms with Crippen LogP contribution in [0.4, 0.5) is 5.69 Å². The molecule has 2 rings (SSSR count). The molecular weight excluding hydrogens is 525 g/mol. The number of halogens is 2. The Morgan fingerprint density at radius 1 is 1.33 bits per heavy atom. The van der Waals surface area contributed by atoms with Gasteiger partial charge >= 0.3 is 0 Å². The molecular formula is C17H25BrIN7O. The van der Waals surface area contributed by atoms with Crippen molar-refractivity contribution in [1.82, 2.24) is 25.4 Å². The van der Waals surface area contributed by atoms with Crippen LogP contribution in [0.3, 0.4) is 0 Å². The molecule has 2 aromatic rings. The van der Waals surface area contributed by atoms with E-state index in [1.165, 1.54) is 6.33 Å². The number of nitrogens with one attached hydrogen (secondary N) is 3. The summed E-state index contributed by atoms with van der Waals surface area (Å²) in [5, 5.41) is 13.2. The molecule has 1 aromatic heterocycles. The second-order valence-electron chi connectivity index (χ2n) is 5.68. The number of hydrogen-bond donors (Lipinski definition) is 3. The molecule has 0 atom stereocenters. The van der Waals surface area contributed by atoms with Gasteiger partial charge in [0.1, 0.15) is 18.7 Å². The topological polar surface area (TPSA) is 96.2 Å². The van der Waals surface area contributed by atoms with Crippen molar-refractivity contribution in [3.63, 3.8) is 0 Å². The van der Waals surface area contributed by atoms with Crippen molar-refractivity contribution in [3.05, 3.63) is 40.4 Å². The van der Waals surface area contributed by atoms with Crippen LogP contribution in [0.15, 0.2) is 34.0 Å². The van der Waals surface area contributed by atoms with Crippen LogP contribution in [0, 0.1) is 6.92 Å². The largest absolute Gasteiger partial charge is 0.357 e. The Morgan fingerprint density at radius 3 is 2.74 bits per heavy atom. The third kappa shape index (κ3) is 7.83. The number of hydrogen-bond acceptors (Lipinski definition) is 4. The third-order valence-electron chi connectivity index (χ3n) is 3.64. The van der Waals surface area contributed by atoms with Crippen LogP contribution in [-0.2, 0) is 18.4 Å². The number of guanidine groups is 1. The summed E-state index contributed by atoms with van der Waals surface area (Å²) in [7, 11) is 1.83. The van der Waals surface area contributed by atoms with Gasteiger partial charge in [-0.25, -0.2) is 9.98 Å². The highest BCUT2D eigenvalue weighted by Gasteiger charge is 2.06. The lowest BCUT2D eigenvalue weighted by molar-refractivity contribution is -0.116.